The molecule has 138 valence electrons. The number of nitrogens with zero attached hydrogens (tertiary/aromatic N) is 1. The molecule has 1 aliphatic heterocycles. The van der Waals surface area contributed by atoms with E-state index in [9.17, 15) is 18.3 Å². The van der Waals surface area contributed by atoms with E-state index in [1.807, 2.05) is 6.07 Å². The molecule has 0 radical (unpaired) electrons. The smallest absolute Gasteiger partial charge is 0.244 e. The summed E-state index contributed by atoms with van der Waals surface area (Å²) in [4.78, 5) is 14.4. The highest BCUT2D eigenvalue weighted by Gasteiger charge is 2.56. The van der Waals surface area contributed by atoms with Crippen molar-refractivity contribution in [3.63, 3.8) is 0 Å². The summed E-state index contributed by atoms with van der Waals surface area (Å²) in [5.41, 5.74) is -1.26. The van der Waals surface area contributed by atoms with Gasteiger partial charge in [-0.3, -0.25) is 4.79 Å². The zero-order valence-electron chi connectivity index (χ0n) is 14.3. The molecule has 2 aliphatic rings. The van der Waals surface area contributed by atoms with Crippen LogP contribution >= 0.6 is 0 Å². The largest absolute Gasteiger partial charge is 0.393 e. The third-order valence-electron chi connectivity index (χ3n) is 5.74. The highest BCUT2D eigenvalue weighted by atomic mass is 32.2. The molecule has 1 saturated heterocycles. The number of alkyl halides is 1. The Kier molecular flexibility index (Phi) is 4.66. The monoisotopic (exact) mass is 369 g/mol. The normalized spacial score (nSPS) is 29.1. The molecular weight excluding hydrogens is 345 g/mol. The maximum atomic E-state index is 15.3. The zero-order chi connectivity index (χ0) is 18.3. The first-order chi connectivity index (χ1) is 11.7. The molecule has 2 atom stereocenters. The number of amides is 1. The molecule has 3 rings (SSSR count). The fourth-order valence-electron chi connectivity index (χ4n) is 4.26. The molecule has 2 fully saturated rings. The van der Waals surface area contributed by atoms with Gasteiger partial charge in [0.1, 0.15) is 0 Å². The molecule has 0 spiro atoms. The summed E-state index contributed by atoms with van der Waals surface area (Å²) >= 11 is 0. The molecule has 0 bridgehead atoms. The summed E-state index contributed by atoms with van der Waals surface area (Å²) in [6.07, 6.45) is 3.02. The average molecular weight is 369 g/mol. The average Bonchev–Trinajstić information content (AvgIpc) is 3.21. The number of benzene rings is 1. The fourth-order valence-corrected chi connectivity index (χ4v) is 5.73. The van der Waals surface area contributed by atoms with Crippen LogP contribution in [0.4, 0.5) is 4.39 Å². The topological polar surface area (TPSA) is 74.7 Å². The van der Waals surface area contributed by atoms with Crippen molar-refractivity contribution in [2.75, 3.05) is 26.0 Å². The van der Waals surface area contributed by atoms with E-state index in [1.165, 1.54) is 4.90 Å². The number of hydrogen-bond donors (Lipinski definition) is 1. The first-order valence-corrected chi connectivity index (χ1v) is 10.5. The van der Waals surface area contributed by atoms with Crippen LogP contribution in [-0.4, -0.2) is 60.7 Å². The molecule has 1 N–H and O–H groups in total. The molecule has 25 heavy (non-hydrogen) atoms. The van der Waals surface area contributed by atoms with Gasteiger partial charge in [0.05, 0.1) is 13.2 Å². The van der Waals surface area contributed by atoms with Crippen LogP contribution in [0.25, 0.3) is 0 Å². The Bertz CT molecular complexity index is 746. The second kappa shape index (κ2) is 6.36. The highest BCUT2D eigenvalue weighted by Crippen LogP contribution is 2.43. The predicted molar refractivity (Wildman–Crippen MR) is 92.7 cm³/mol. The molecule has 1 aliphatic carbocycles. The quantitative estimate of drug-likeness (QED) is 0.876. The summed E-state index contributed by atoms with van der Waals surface area (Å²) in [6, 6.07) is 8.92. The minimum Gasteiger partial charge on any atom is -0.393 e. The fraction of sp³-hybridized carbons (Fsp3) is 0.611. The Morgan fingerprint density at radius 1 is 1.28 bits per heavy atom. The van der Waals surface area contributed by atoms with Gasteiger partial charge in [-0.2, -0.15) is 0 Å². The van der Waals surface area contributed by atoms with Gasteiger partial charge in [-0.1, -0.05) is 43.2 Å². The molecule has 7 heteroatoms. The molecule has 1 aromatic carbocycles. The Morgan fingerprint density at radius 3 is 2.40 bits per heavy atom. The number of likely N-dealkylation sites (tertiary alicyclic amines) is 1. The summed E-state index contributed by atoms with van der Waals surface area (Å²) in [6.45, 7) is -0.904. The van der Waals surface area contributed by atoms with E-state index in [4.69, 9.17) is 0 Å². The lowest BCUT2D eigenvalue weighted by molar-refractivity contribution is -0.133. The van der Waals surface area contributed by atoms with E-state index >= 15 is 4.39 Å². The van der Waals surface area contributed by atoms with Gasteiger partial charge in [-0.15, -0.1) is 0 Å². The highest BCUT2D eigenvalue weighted by molar-refractivity contribution is 7.92. The molecule has 1 heterocycles. The van der Waals surface area contributed by atoms with Crippen LogP contribution in [0.3, 0.4) is 0 Å². The first-order valence-electron chi connectivity index (χ1n) is 8.57. The molecule has 5 nitrogen and oxygen atoms in total. The maximum absolute atomic E-state index is 15.3. The molecule has 1 saturated carbocycles. The Balaban J connectivity index is 1.93. The van der Waals surface area contributed by atoms with E-state index in [-0.39, 0.29) is 25.9 Å². The van der Waals surface area contributed by atoms with Crippen LogP contribution in [0.5, 0.6) is 0 Å². The van der Waals surface area contributed by atoms with Crippen molar-refractivity contribution in [3.05, 3.63) is 35.9 Å². The van der Waals surface area contributed by atoms with Gasteiger partial charge in [-0.05, 0) is 18.4 Å². The summed E-state index contributed by atoms with van der Waals surface area (Å²) in [5, 5.41) is 9.61. The molecule has 2 unspecified atom stereocenters. The van der Waals surface area contributed by atoms with Gasteiger partial charge in [0, 0.05) is 18.7 Å². The van der Waals surface area contributed by atoms with E-state index in [2.05, 4.69) is 0 Å². The van der Waals surface area contributed by atoms with Crippen LogP contribution in [0, 0.1) is 0 Å². The minimum absolute atomic E-state index is 0.0805. The third-order valence-corrected chi connectivity index (χ3v) is 7.75. The number of hydrogen-bond acceptors (Lipinski definition) is 4. The van der Waals surface area contributed by atoms with Crippen molar-refractivity contribution in [2.24, 2.45) is 0 Å². The minimum atomic E-state index is -3.60. The lowest BCUT2D eigenvalue weighted by Gasteiger charge is -2.31. The zero-order valence-corrected chi connectivity index (χ0v) is 15.1. The predicted octanol–water partition coefficient (Wildman–Crippen LogP) is 1.67. The van der Waals surface area contributed by atoms with Crippen LogP contribution in [0.2, 0.25) is 0 Å². The van der Waals surface area contributed by atoms with Gasteiger partial charge < -0.3 is 10.0 Å². The van der Waals surface area contributed by atoms with Crippen LogP contribution in [0.1, 0.15) is 37.2 Å². The SMILES string of the molecule is CS(=O)(=O)C1(C(=O)N2CC(c3ccccc3)C(F)(CO)C2)CCCC1. The van der Waals surface area contributed by atoms with Crippen LogP contribution in [0.15, 0.2) is 30.3 Å². The van der Waals surface area contributed by atoms with Gasteiger partial charge in [-0.25, -0.2) is 12.8 Å². The van der Waals surface area contributed by atoms with Crippen molar-refractivity contribution in [3.8, 4) is 0 Å². The Hall–Kier alpha value is -1.47. The summed E-state index contributed by atoms with van der Waals surface area (Å²) < 4.78 is 38.6. The Morgan fingerprint density at radius 2 is 1.88 bits per heavy atom. The second-order valence-corrected chi connectivity index (χ2v) is 9.64. The number of sulfone groups is 1. The molecule has 1 amide bonds. The van der Waals surface area contributed by atoms with Crippen molar-refractivity contribution in [1.82, 2.24) is 4.90 Å². The van der Waals surface area contributed by atoms with E-state index in [0.29, 0.717) is 18.4 Å². The van der Waals surface area contributed by atoms with E-state index < -0.39 is 38.7 Å². The van der Waals surface area contributed by atoms with Crippen LogP contribution < -0.4 is 0 Å². The second-order valence-electron chi connectivity index (χ2n) is 7.32. The van der Waals surface area contributed by atoms with Gasteiger partial charge in [0.15, 0.2) is 20.3 Å². The standard InChI is InChI=1S/C18H24FNO4S/c1-25(23,24)18(9-5-6-10-18)16(22)20-11-15(17(19,12-20)13-21)14-7-3-2-4-8-14/h2-4,7-8,15,21H,5-6,9-13H2,1H3. The number of halogens is 1. The third kappa shape index (κ3) is 2.97. The van der Waals surface area contributed by atoms with Crippen molar-refractivity contribution in [2.45, 2.75) is 42.0 Å². The van der Waals surface area contributed by atoms with Crippen molar-refractivity contribution >= 4 is 15.7 Å². The van der Waals surface area contributed by atoms with Gasteiger partial charge in [0.2, 0.25) is 5.91 Å². The number of aliphatic hydroxyl groups excluding tert-OH is 1. The van der Waals surface area contributed by atoms with Crippen molar-refractivity contribution in [1.29, 1.82) is 0 Å². The van der Waals surface area contributed by atoms with E-state index in [0.717, 1.165) is 6.26 Å². The molecule has 0 aromatic heterocycles. The van der Waals surface area contributed by atoms with E-state index in [1.54, 1.807) is 24.3 Å². The van der Waals surface area contributed by atoms with Gasteiger partial charge >= 0.3 is 0 Å². The number of carbonyl (C=O) groups is 1. The number of aliphatic hydroxyl groups is 1. The first kappa shape index (κ1) is 18.3. The molecular formula is C18H24FNO4S. The number of carbonyl (C=O) groups excluding carboxylic acids is 1. The maximum Gasteiger partial charge on any atom is 0.244 e. The lowest BCUT2D eigenvalue weighted by Crippen LogP contribution is -2.52. The summed E-state index contributed by atoms with van der Waals surface area (Å²) in [7, 11) is -3.60. The molecule has 1 aromatic rings. The van der Waals surface area contributed by atoms with Gasteiger partial charge in [0.25, 0.3) is 0 Å². The Labute approximate surface area is 147 Å². The van der Waals surface area contributed by atoms with Crippen molar-refractivity contribution < 1.29 is 22.7 Å². The van der Waals surface area contributed by atoms with Crippen LogP contribution in [-0.2, 0) is 14.6 Å². The summed E-state index contributed by atoms with van der Waals surface area (Å²) in [5.74, 6) is -1.18. The number of rotatable bonds is 4. The lowest BCUT2D eigenvalue weighted by atomic mass is 9.87.